The molecule has 2 aromatic rings. The zero-order valence-electron chi connectivity index (χ0n) is 14.5. The van der Waals surface area contributed by atoms with Gasteiger partial charge in [0.15, 0.2) is 0 Å². The molecule has 0 saturated carbocycles. The summed E-state index contributed by atoms with van der Waals surface area (Å²) in [5.41, 5.74) is 1.38. The van der Waals surface area contributed by atoms with E-state index in [9.17, 15) is 14.4 Å². The molecule has 0 saturated heterocycles. The van der Waals surface area contributed by atoms with E-state index in [1.807, 2.05) is 0 Å². The van der Waals surface area contributed by atoms with Crippen molar-refractivity contribution in [3.8, 4) is 0 Å². The second kappa shape index (κ2) is 13.8. The quantitative estimate of drug-likeness (QED) is 0.614. The van der Waals surface area contributed by atoms with Gasteiger partial charge in [-0.05, 0) is 17.7 Å². The van der Waals surface area contributed by atoms with Crippen LogP contribution in [0.5, 0.6) is 0 Å². The Morgan fingerprint density at radius 1 is 0.750 bits per heavy atom. The Balaban J connectivity index is 0. The topological polar surface area (TPSA) is 125 Å². The molecule has 0 aliphatic rings. The molecule has 0 bridgehead atoms. The smallest absolute Gasteiger partial charge is 0.339 e. The molecule has 2 aromatic heterocycles. The monoisotopic (exact) mass is 394 g/mol. The van der Waals surface area contributed by atoms with Crippen LogP contribution < -0.4 is 0 Å². The van der Waals surface area contributed by atoms with E-state index in [-0.39, 0.29) is 32.6 Å². The minimum atomic E-state index is -0.539. The van der Waals surface area contributed by atoms with Gasteiger partial charge in [-0.25, -0.2) is 14.4 Å². The second-order valence-corrected chi connectivity index (χ2v) is 4.68. The third kappa shape index (κ3) is 7.92. The van der Waals surface area contributed by atoms with Gasteiger partial charge in [-0.1, -0.05) is 14.9 Å². The molecule has 0 spiro atoms. The van der Waals surface area contributed by atoms with Crippen molar-refractivity contribution in [2.45, 2.75) is 21.5 Å². The second-order valence-electron chi connectivity index (χ2n) is 4.68. The Kier molecular flexibility index (Phi) is 13.3. The molecule has 28 heavy (non-hydrogen) atoms. The van der Waals surface area contributed by atoms with Crippen LogP contribution in [-0.2, 0) is 20.8 Å². The van der Waals surface area contributed by atoms with Crippen LogP contribution in [0.25, 0.3) is 0 Å². The first-order valence-electron chi connectivity index (χ1n) is 7.21. The molecular formula is C19H26N2O7. The molecule has 0 radical (unpaired) electrons. The van der Waals surface area contributed by atoms with Gasteiger partial charge in [0.25, 0.3) is 0 Å². The highest BCUT2D eigenvalue weighted by Gasteiger charge is 2.11. The van der Waals surface area contributed by atoms with Crippen molar-refractivity contribution in [2.24, 2.45) is 0 Å². The van der Waals surface area contributed by atoms with Crippen LogP contribution in [-0.4, -0.2) is 54.3 Å². The molecule has 9 heteroatoms. The summed E-state index contributed by atoms with van der Waals surface area (Å²) in [5, 5.41) is 8.72. The number of methoxy groups -OCH3 is 3. The molecule has 2 heterocycles. The largest absolute Gasteiger partial charge is 0.465 e. The van der Waals surface area contributed by atoms with E-state index in [0.717, 1.165) is 0 Å². The van der Waals surface area contributed by atoms with E-state index in [1.54, 1.807) is 6.07 Å². The highest BCUT2D eigenvalue weighted by atomic mass is 16.5. The lowest BCUT2D eigenvalue weighted by Gasteiger charge is -2.01. The first kappa shape index (κ1) is 26.9. The van der Waals surface area contributed by atoms with Crippen LogP contribution in [0.3, 0.4) is 0 Å². The fourth-order valence-corrected chi connectivity index (χ4v) is 1.70. The maximum Gasteiger partial charge on any atom is 0.339 e. The number of carbonyl (C=O) groups excluding carboxylic acids is 3. The molecule has 0 amide bonds. The molecule has 0 aliphatic carbocycles. The predicted molar refractivity (Wildman–Crippen MR) is 102 cm³/mol. The van der Waals surface area contributed by atoms with E-state index in [2.05, 4.69) is 24.2 Å². The number of aliphatic hydroxyl groups is 1. The number of pyridine rings is 2. The van der Waals surface area contributed by atoms with Crippen molar-refractivity contribution in [1.29, 1.82) is 0 Å². The molecular weight excluding hydrogens is 368 g/mol. The number of carbonyl (C=O) groups is 3. The maximum absolute atomic E-state index is 11.1. The number of nitrogens with zero attached hydrogens (tertiary/aromatic N) is 2. The van der Waals surface area contributed by atoms with Crippen LogP contribution in [0.4, 0.5) is 0 Å². The summed E-state index contributed by atoms with van der Waals surface area (Å²) in [6.07, 6.45) is 5.52. The first-order chi connectivity index (χ1) is 12.5. The Morgan fingerprint density at radius 2 is 1.11 bits per heavy atom. The van der Waals surface area contributed by atoms with Crippen LogP contribution >= 0.6 is 0 Å². The minimum absolute atomic E-state index is 0. The third-order valence-electron chi connectivity index (χ3n) is 2.98. The highest BCUT2D eigenvalue weighted by Crippen LogP contribution is 2.05. The van der Waals surface area contributed by atoms with Gasteiger partial charge in [0, 0.05) is 24.8 Å². The van der Waals surface area contributed by atoms with Crippen molar-refractivity contribution in [3.63, 3.8) is 0 Å². The Labute approximate surface area is 164 Å². The summed E-state index contributed by atoms with van der Waals surface area (Å²) in [5.74, 6) is -1.52. The summed E-state index contributed by atoms with van der Waals surface area (Å²) in [4.78, 5) is 40.5. The van der Waals surface area contributed by atoms with Gasteiger partial charge in [-0.3, -0.25) is 9.97 Å². The van der Waals surface area contributed by atoms with Crippen molar-refractivity contribution in [1.82, 2.24) is 9.97 Å². The van der Waals surface area contributed by atoms with Gasteiger partial charge < -0.3 is 19.3 Å². The lowest BCUT2D eigenvalue weighted by atomic mass is 10.2. The summed E-state index contributed by atoms with van der Waals surface area (Å²) in [6.45, 7) is -0.127. The highest BCUT2D eigenvalue weighted by molar-refractivity contribution is 5.94. The fourth-order valence-electron chi connectivity index (χ4n) is 1.70. The van der Waals surface area contributed by atoms with E-state index in [4.69, 9.17) is 5.11 Å². The predicted octanol–water partition coefficient (Wildman–Crippen LogP) is 2.29. The lowest BCUT2D eigenvalue weighted by Crippen LogP contribution is -2.06. The van der Waals surface area contributed by atoms with Gasteiger partial charge in [0.1, 0.15) is 0 Å². The van der Waals surface area contributed by atoms with E-state index in [1.165, 1.54) is 52.2 Å². The number of esters is 3. The summed E-state index contributed by atoms with van der Waals surface area (Å²) in [7, 11) is 3.81. The molecule has 0 aromatic carbocycles. The van der Waals surface area contributed by atoms with Crippen molar-refractivity contribution >= 4 is 17.9 Å². The average Bonchev–Trinajstić information content (AvgIpc) is 2.72. The Hall–Kier alpha value is -3.33. The normalized spacial score (nSPS) is 8.71. The molecule has 2 rings (SSSR count). The van der Waals surface area contributed by atoms with Gasteiger partial charge in [-0.2, -0.15) is 0 Å². The minimum Gasteiger partial charge on any atom is -0.465 e. The summed E-state index contributed by atoms with van der Waals surface area (Å²) >= 11 is 0. The van der Waals surface area contributed by atoms with Gasteiger partial charge in [0.05, 0.1) is 44.6 Å². The number of rotatable bonds is 4. The van der Waals surface area contributed by atoms with Gasteiger partial charge in [-0.15, -0.1) is 0 Å². The SMILES string of the molecule is C.C.COC(=O)c1cncc(C(=O)OC)c1.COC(=O)c1cncc(CO)c1. The zero-order valence-corrected chi connectivity index (χ0v) is 14.5. The number of hydrogen-bond donors (Lipinski definition) is 1. The third-order valence-corrected chi connectivity index (χ3v) is 2.98. The van der Waals surface area contributed by atoms with Crippen LogP contribution in [0, 0.1) is 0 Å². The molecule has 9 nitrogen and oxygen atoms in total. The fraction of sp³-hybridized carbons (Fsp3) is 0.316. The molecule has 0 atom stereocenters. The average molecular weight is 394 g/mol. The lowest BCUT2D eigenvalue weighted by molar-refractivity contribution is 0.0586. The molecule has 0 fully saturated rings. The van der Waals surface area contributed by atoms with E-state index < -0.39 is 17.9 Å². The van der Waals surface area contributed by atoms with Crippen LogP contribution in [0.1, 0.15) is 51.5 Å². The molecule has 0 aliphatic heterocycles. The maximum atomic E-state index is 11.1. The number of aliphatic hydroxyl groups excluding tert-OH is 1. The summed E-state index contributed by atoms with van der Waals surface area (Å²) in [6, 6.07) is 2.91. The number of hydrogen-bond acceptors (Lipinski definition) is 9. The standard InChI is InChI=1S/C9H9NO4.C8H9NO3.2CH4/c1-13-8(11)6-3-7(5-10-4-6)9(12)14-2;1-12-8(11)7-2-6(5-10)3-9-4-7;;/h3-5H,1-2H3;2-4,10H,5H2,1H3;2*1H4. The van der Waals surface area contributed by atoms with Crippen molar-refractivity contribution in [2.75, 3.05) is 21.3 Å². The number of aromatic nitrogens is 2. The van der Waals surface area contributed by atoms with Crippen molar-refractivity contribution < 1.29 is 33.7 Å². The molecule has 1 N–H and O–H groups in total. The molecule has 154 valence electrons. The van der Waals surface area contributed by atoms with Crippen molar-refractivity contribution in [3.05, 3.63) is 59.2 Å². The van der Waals surface area contributed by atoms with Crippen LogP contribution in [0.15, 0.2) is 36.9 Å². The number of ether oxygens (including phenoxy) is 3. The molecule has 0 unspecified atom stereocenters. The van der Waals surface area contributed by atoms with Gasteiger partial charge >= 0.3 is 17.9 Å². The van der Waals surface area contributed by atoms with Gasteiger partial charge in [0.2, 0.25) is 0 Å². The van der Waals surface area contributed by atoms with Crippen LogP contribution in [0.2, 0.25) is 0 Å². The first-order valence-corrected chi connectivity index (χ1v) is 7.21. The van der Waals surface area contributed by atoms with E-state index >= 15 is 0 Å². The Morgan fingerprint density at radius 3 is 1.46 bits per heavy atom. The Bertz CT molecular complexity index is 747. The summed E-state index contributed by atoms with van der Waals surface area (Å²) < 4.78 is 13.4. The zero-order chi connectivity index (χ0) is 19.5. The van der Waals surface area contributed by atoms with E-state index in [0.29, 0.717) is 11.1 Å².